The number of aromatic nitrogens is 2. The normalized spacial score (nSPS) is 16.2. The summed E-state index contributed by atoms with van der Waals surface area (Å²) in [5.41, 5.74) is 1.64. The summed E-state index contributed by atoms with van der Waals surface area (Å²) in [5.74, 6) is 0.599. The maximum atomic E-state index is 10.6. The second kappa shape index (κ2) is 2.55. The third-order valence-electron chi connectivity index (χ3n) is 2.42. The molecule has 0 amide bonds. The summed E-state index contributed by atoms with van der Waals surface area (Å²) in [7, 11) is 1.62. The Hall–Kier alpha value is -1.39. The van der Waals surface area contributed by atoms with Crippen molar-refractivity contribution in [3.8, 4) is 0 Å². The summed E-state index contributed by atoms with van der Waals surface area (Å²) in [6.07, 6.45) is 2.24. The average Bonchev–Trinajstić information content (AvgIpc) is 2.78. The van der Waals surface area contributed by atoms with E-state index in [1.54, 1.807) is 14.0 Å². The molecule has 1 fully saturated rings. The first kappa shape index (κ1) is 8.22. The molecule has 0 N–H and O–H groups in total. The summed E-state index contributed by atoms with van der Waals surface area (Å²) in [6, 6.07) is 0. The SMILES string of the molecule is Cc1c(C2CC2)nn(C)c1[N+](=O)[O-]. The van der Waals surface area contributed by atoms with E-state index in [1.807, 2.05) is 0 Å². The highest BCUT2D eigenvalue weighted by Crippen LogP contribution is 2.42. The zero-order valence-corrected chi connectivity index (χ0v) is 7.65. The van der Waals surface area contributed by atoms with Crippen molar-refractivity contribution in [2.75, 3.05) is 0 Å². The van der Waals surface area contributed by atoms with Crippen molar-refractivity contribution in [3.05, 3.63) is 21.4 Å². The van der Waals surface area contributed by atoms with E-state index in [0.29, 0.717) is 5.92 Å². The van der Waals surface area contributed by atoms with Gasteiger partial charge in [-0.25, -0.2) is 0 Å². The van der Waals surface area contributed by atoms with Crippen molar-refractivity contribution in [1.82, 2.24) is 9.78 Å². The van der Waals surface area contributed by atoms with E-state index >= 15 is 0 Å². The van der Waals surface area contributed by atoms with E-state index in [9.17, 15) is 10.1 Å². The predicted octanol–water partition coefficient (Wildman–Crippen LogP) is 1.51. The molecule has 0 spiro atoms. The lowest BCUT2D eigenvalue weighted by Crippen LogP contribution is -1.98. The van der Waals surface area contributed by atoms with Gasteiger partial charge in [0.15, 0.2) is 0 Å². The van der Waals surface area contributed by atoms with Gasteiger partial charge in [-0.15, -0.1) is 4.68 Å². The van der Waals surface area contributed by atoms with Crippen LogP contribution in [-0.2, 0) is 7.05 Å². The highest BCUT2D eigenvalue weighted by atomic mass is 16.6. The summed E-state index contributed by atoms with van der Waals surface area (Å²) in [4.78, 5) is 10.3. The molecule has 1 aromatic heterocycles. The fourth-order valence-electron chi connectivity index (χ4n) is 1.64. The Morgan fingerprint density at radius 3 is 2.62 bits per heavy atom. The van der Waals surface area contributed by atoms with Crippen LogP contribution in [-0.4, -0.2) is 14.7 Å². The molecule has 0 aliphatic heterocycles. The third-order valence-corrected chi connectivity index (χ3v) is 2.42. The first-order chi connectivity index (χ1) is 6.11. The molecule has 70 valence electrons. The van der Waals surface area contributed by atoms with Crippen molar-refractivity contribution in [1.29, 1.82) is 0 Å². The zero-order valence-electron chi connectivity index (χ0n) is 7.65. The van der Waals surface area contributed by atoms with Crippen LogP contribution in [0.5, 0.6) is 0 Å². The molecule has 0 bridgehead atoms. The maximum absolute atomic E-state index is 10.6. The summed E-state index contributed by atoms with van der Waals surface area (Å²) >= 11 is 0. The van der Waals surface area contributed by atoms with Crippen LogP contribution in [0.1, 0.15) is 30.0 Å². The molecule has 5 nitrogen and oxygen atoms in total. The molecule has 13 heavy (non-hydrogen) atoms. The topological polar surface area (TPSA) is 61.0 Å². The molecule has 1 aliphatic rings. The molecule has 1 aliphatic carbocycles. The van der Waals surface area contributed by atoms with Crippen LogP contribution in [0.4, 0.5) is 5.82 Å². The molecule has 0 unspecified atom stereocenters. The van der Waals surface area contributed by atoms with Crippen LogP contribution in [0.25, 0.3) is 0 Å². The number of nitro groups is 1. The van der Waals surface area contributed by atoms with Gasteiger partial charge < -0.3 is 10.1 Å². The molecule has 0 radical (unpaired) electrons. The molecule has 0 atom stereocenters. The van der Waals surface area contributed by atoms with Crippen LogP contribution in [0, 0.1) is 17.0 Å². The van der Waals surface area contributed by atoms with Gasteiger partial charge in [-0.2, -0.15) is 0 Å². The monoisotopic (exact) mass is 181 g/mol. The third kappa shape index (κ3) is 1.20. The summed E-state index contributed by atoms with van der Waals surface area (Å²) < 4.78 is 1.36. The molecule has 1 heterocycles. The number of rotatable bonds is 2. The highest BCUT2D eigenvalue weighted by Gasteiger charge is 2.33. The van der Waals surface area contributed by atoms with Crippen molar-refractivity contribution in [2.24, 2.45) is 7.05 Å². The van der Waals surface area contributed by atoms with Gasteiger partial charge in [-0.05, 0) is 24.7 Å². The standard InChI is InChI=1S/C8H11N3O2/c1-5-7(6-3-4-6)9-10(2)8(5)11(12)13/h6H,3-4H2,1-2H3. The fraction of sp³-hybridized carbons (Fsp3) is 0.625. The minimum Gasteiger partial charge on any atom is -0.358 e. The number of hydrogen-bond donors (Lipinski definition) is 0. The molecule has 1 aromatic rings. The Morgan fingerprint density at radius 1 is 1.62 bits per heavy atom. The smallest absolute Gasteiger partial charge is 0.347 e. The van der Waals surface area contributed by atoms with Crippen LogP contribution >= 0.6 is 0 Å². The maximum Gasteiger partial charge on any atom is 0.347 e. The fourth-order valence-corrected chi connectivity index (χ4v) is 1.64. The Labute approximate surface area is 75.5 Å². The second-order valence-electron chi connectivity index (χ2n) is 3.49. The number of aryl methyl sites for hydroxylation is 1. The van der Waals surface area contributed by atoms with E-state index in [4.69, 9.17) is 0 Å². The molecule has 1 saturated carbocycles. The molecule has 0 aromatic carbocycles. The van der Waals surface area contributed by atoms with Crippen molar-refractivity contribution < 1.29 is 4.92 Å². The van der Waals surface area contributed by atoms with Gasteiger partial charge >= 0.3 is 5.82 Å². The number of nitrogens with zero attached hydrogens (tertiary/aromatic N) is 3. The first-order valence-electron chi connectivity index (χ1n) is 4.29. The van der Waals surface area contributed by atoms with E-state index in [0.717, 1.165) is 24.1 Å². The highest BCUT2D eigenvalue weighted by molar-refractivity contribution is 5.39. The summed E-state index contributed by atoms with van der Waals surface area (Å²) in [6.45, 7) is 1.78. The first-order valence-corrected chi connectivity index (χ1v) is 4.29. The average molecular weight is 181 g/mol. The van der Waals surface area contributed by atoms with Crippen LogP contribution < -0.4 is 0 Å². The van der Waals surface area contributed by atoms with Gasteiger partial charge in [0.1, 0.15) is 7.05 Å². The van der Waals surface area contributed by atoms with Crippen molar-refractivity contribution in [2.45, 2.75) is 25.7 Å². The lowest BCUT2D eigenvalue weighted by molar-refractivity contribution is -0.392. The molecule has 0 saturated heterocycles. The largest absolute Gasteiger partial charge is 0.358 e. The predicted molar refractivity (Wildman–Crippen MR) is 46.6 cm³/mol. The van der Waals surface area contributed by atoms with Gasteiger partial charge in [0, 0.05) is 5.92 Å². The lowest BCUT2D eigenvalue weighted by atomic mass is 10.2. The van der Waals surface area contributed by atoms with Gasteiger partial charge in [-0.1, -0.05) is 5.10 Å². The van der Waals surface area contributed by atoms with Gasteiger partial charge in [0.25, 0.3) is 0 Å². The van der Waals surface area contributed by atoms with Crippen LogP contribution in [0.15, 0.2) is 0 Å². The molecule has 2 rings (SSSR count). The quantitative estimate of drug-likeness (QED) is 0.513. The van der Waals surface area contributed by atoms with Gasteiger partial charge in [-0.3, -0.25) is 0 Å². The lowest BCUT2D eigenvalue weighted by Gasteiger charge is -1.93. The van der Waals surface area contributed by atoms with Crippen LogP contribution in [0.3, 0.4) is 0 Å². The second-order valence-corrected chi connectivity index (χ2v) is 3.49. The summed E-state index contributed by atoms with van der Waals surface area (Å²) in [5, 5.41) is 14.8. The van der Waals surface area contributed by atoms with Crippen LogP contribution in [0.2, 0.25) is 0 Å². The minimum atomic E-state index is -0.367. The molecular weight excluding hydrogens is 170 g/mol. The Morgan fingerprint density at radius 2 is 2.23 bits per heavy atom. The van der Waals surface area contributed by atoms with E-state index < -0.39 is 0 Å². The molecule has 5 heteroatoms. The van der Waals surface area contributed by atoms with Crippen molar-refractivity contribution >= 4 is 5.82 Å². The van der Waals surface area contributed by atoms with Gasteiger partial charge in [0.05, 0.1) is 11.3 Å². The van der Waals surface area contributed by atoms with Crippen molar-refractivity contribution in [3.63, 3.8) is 0 Å². The Kier molecular flexibility index (Phi) is 1.61. The Balaban J connectivity index is 2.50. The number of hydrogen-bond acceptors (Lipinski definition) is 3. The van der Waals surface area contributed by atoms with E-state index in [-0.39, 0.29) is 10.7 Å². The Bertz CT molecular complexity index is 366. The molecular formula is C8H11N3O2. The van der Waals surface area contributed by atoms with E-state index in [2.05, 4.69) is 5.10 Å². The minimum absolute atomic E-state index is 0.127. The van der Waals surface area contributed by atoms with E-state index in [1.165, 1.54) is 4.68 Å². The zero-order chi connectivity index (χ0) is 9.59. The van der Waals surface area contributed by atoms with Gasteiger partial charge in [0.2, 0.25) is 0 Å².